The number of carboxylic acid groups (broad SMARTS) is 1. The van der Waals surface area contributed by atoms with Crippen LogP contribution in [0.4, 0.5) is 11.4 Å². The summed E-state index contributed by atoms with van der Waals surface area (Å²) in [6.07, 6.45) is 0. The smallest absolute Gasteiger partial charge is 0.335 e. The van der Waals surface area contributed by atoms with Gasteiger partial charge in [-0.15, -0.1) is 0 Å². The molecule has 1 atom stereocenters. The number of aromatic carboxylic acids is 1. The van der Waals surface area contributed by atoms with Crippen LogP contribution in [0.2, 0.25) is 0 Å². The summed E-state index contributed by atoms with van der Waals surface area (Å²) in [4.78, 5) is 34.7. The van der Waals surface area contributed by atoms with Gasteiger partial charge in [0, 0.05) is 19.2 Å². The number of benzene rings is 1. The largest absolute Gasteiger partial charge is 0.478 e. The Hall–Kier alpha value is -2.64. The van der Waals surface area contributed by atoms with Crippen LogP contribution in [0.1, 0.15) is 17.3 Å². The summed E-state index contributed by atoms with van der Waals surface area (Å²) in [7, 11) is 0. The van der Waals surface area contributed by atoms with E-state index in [1.54, 1.807) is 11.8 Å². The van der Waals surface area contributed by atoms with Crippen molar-refractivity contribution in [3.63, 3.8) is 0 Å². The van der Waals surface area contributed by atoms with Gasteiger partial charge in [0.05, 0.1) is 10.5 Å². The number of nitrogens with zero attached hydrogens (tertiary/aromatic N) is 2. The maximum atomic E-state index is 11.6. The zero-order valence-electron chi connectivity index (χ0n) is 10.7. The number of carbonyl (C=O) groups excluding carboxylic acids is 1. The molecule has 0 aliphatic carbocycles. The van der Waals surface area contributed by atoms with Crippen LogP contribution in [-0.2, 0) is 4.79 Å². The molecule has 1 saturated heterocycles. The summed E-state index contributed by atoms with van der Waals surface area (Å²) in [6, 6.07) is 2.97. The van der Waals surface area contributed by atoms with E-state index in [0.717, 1.165) is 6.07 Å². The third-order valence-electron chi connectivity index (χ3n) is 3.23. The molecule has 8 heteroatoms. The standard InChI is InChI=1S/C12H13N3O5/c1-7-11(16)13-4-5-14(7)10-6-8(12(17)18)2-3-9(10)15(19)20/h2-3,6-7H,4-5H2,1H3,(H,13,16)(H,17,18). The fraction of sp³-hybridized carbons (Fsp3) is 0.333. The highest BCUT2D eigenvalue weighted by Crippen LogP contribution is 2.31. The Morgan fingerprint density at radius 1 is 1.55 bits per heavy atom. The number of carbonyl (C=O) groups is 2. The zero-order valence-corrected chi connectivity index (χ0v) is 10.7. The van der Waals surface area contributed by atoms with Crippen molar-refractivity contribution in [1.29, 1.82) is 0 Å². The Balaban J connectivity index is 2.51. The number of piperazine rings is 1. The maximum Gasteiger partial charge on any atom is 0.335 e. The molecule has 1 fully saturated rings. The van der Waals surface area contributed by atoms with Crippen LogP contribution in [-0.4, -0.2) is 41.0 Å². The summed E-state index contributed by atoms with van der Waals surface area (Å²) >= 11 is 0. The van der Waals surface area contributed by atoms with E-state index >= 15 is 0 Å². The van der Waals surface area contributed by atoms with Crippen LogP contribution < -0.4 is 10.2 Å². The van der Waals surface area contributed by atoms with Gasteiger partial charge in [-0.05, 0) is 19.1 Å². The number of rotatable bonds is 3. The number of hydrogen-bond donors (Lipinski definition) is 2. The first-order valence-corrected chi connectivity index (χ1v) is 5.98. The molecule has 2 N–H and O–H groups in total. The summed E-state index contributed by atoms with van der Waals surface area (Å²) in [6.45, 7) is 2.36. The fourth-order valence-corrected chi connectivity index (χ4v) is 2.15. The lowest BCUT2D eigenvalue weighted by molar-refractivity contribution is -0.384. The molecule has 1 heterocycles. The van der Waals surface area contributed by atoms with Crippen molar-refractivity contribution in [2.24, 2.45) is 0 Å². The van der Waals surface area contributed by atoms with Gasteiger partial charge in [-0.2, -0.15) is 0 Å². The lowest BCUT2D eigenvalue weighted by Gasteiger charge is -2.34. The molecule has 1 amide bonds. The molecule has 0 spiro atoms. The number of anilines is 1. The van der Waals surface area contributed by atoms with Gasteiger partial charge in [0.15, 0.2) is 0 Å². The molecule has 0 bridgehead atoms. The molecular weight excluding hydrogens is 266 g/mol. The van der Waals surface area contributed by atoms with Crippen molar-refractivity contribution in [2.45, 2.75) is 13.0 Å². The highest BCUT2D eigenvalue weighted by atomic mass is 16.6. The van der Waals surface area contributed by atoms with Crippen LogP contribution in [0.5, 0.6) is 0 Å². The zero-order chi connectivity index (χ0) is 14.9. The van der Waals surface area contributed by atoms with Gasteiger partial charge in [0.25, 0.3) is 5.69 Å². The predicted molar refractivity (Wildman–Crippen MR) is 69.9 cm³/mol. The molecule has 1 aromatic carbocycles. The average Bonchev–Trinajstić information content (AvgIpc) is 2.41. The van der Waals surface area contributed by atoms with Gasteiger partial charge in [0.1, 0.15) is 11.7 Å². The average molecular weight is 279 g/mol. The van der Waals surface area contributed by atoms with Crippen molar-refractivity contribution in [3.05, 3.63) is 33.9 Å². The van der Waals surface area contributed by atoms with Gasteiger partial charge in [-0.25, -0.2) is 4.79 Å². The highest BCUT2D eigenvalue weighted by molar-refractivity contribution is 5.92. The van der Waals surface area contributed by atoms with E-state index in [4.69, 9.17) is 5.11 Å². The minimum atomic E-state index is -1.17. The van der Waals surface area contributed by atoms with Crippen LogP contribution in [0, 0.1) is 10.1 Å². The summed E-state index contributed by atoms with van der Waals surface area (Å²) < 4.78 is 0. The predicted octanol–water partition coefficient (Wildman–Crippen LogP) is 0.618. The first-order chi connectivity index (χ1) is 9.41. The molecule has 20 heavy (non-hydrogen) atoms. The number of nitro groups is 1. The molecule has 2 rings (SSSR count). The number of hydrogen-bond acceptors (Lipinski definition) is 5. The second kappa shape index (κ2) is 5.16. The molecule has 1 aliphatic heterocycles. The van der Waals surface area contributed by atoms with Crippen molar-refractivity contribution >= 4 is 23.3 Å². The molecule has 0 saturated carbocycles. The minimum Gasteiger partial charge on any atom is -0.478 e. The molecule has 8 nitrogen and oxygen atoms in total. The van der Waals surface area contributed by atoms with Crippen LogP contribution in [0.25, 0.3) is 0 Å². The minimum absolute atomic E-state index is 0.0521. The van der Waals surface area contributed by atoms with Crippen LogP contribution >= 0.6 is 0 Å². The van der Waals surface area contributed by atoms with E-state index in [0.29, 0.717) is 13.1 Å². The molecule has 0 radical (unpaired) electrons. The maximum absolute atomic E-state index is 11.6. The monoisotopic (exact) mass is 279 g/mol. The topological polar surface area (TPSA) is 113 Å². The lowest BCUT2D eigenvalue weighted by atomic mass is 10.1. The number of nitro benzene ring substituents is 1. The van der Waals surface area contributed by atoms with Crippen molar-refractivity contribution in [1.82, 2.24) is 5.32 Å². The SMILES string of the molecule is CC1C(=O)NCCN1c1cc(C(=O)O)ccc1[N+](=O)[O-]. The van der Waals surface area contributed by atoms with Gasteiger partial charge >= 0.3 is 5.97 Å². The van der Waals surface area contributed by atoms with E-state index in [-0.39, 0.29) is 22.8 Å². The number of carboxylic acids is 1. The second-order valence-electron chi connectivity index (χ2n) is 4.43. The molecular formula is C12H13N3O5. The summed E-state index contributed by atoms with van der Waals surface area (Å²) in [5.74, 6) is -1.42. The normalized spacial score (nSPS) is 18.6. The first kappa shape index (κ1) is 13.8. The van der Waals surface area contributed by atoms with E-state index in [2.05, 4.69) is 5.32 Å². The Kier molecular flexibility index (Phi) is 3.55. The Bertz CT molecular complexity index is 586. The van der Waals surface area contributed by atoms with Crippen LogP contribution in [0.15, 0.2) is 18.2 Å². The van der Waals surface area contributed by atoms with Gasteiger partial charge in [0.2, 0.25) is 5.91 Å². The molecule has 0 aromatic heterocycles. The third-order valence-corrected chi connectivity index (χ3v) is 3.23. The first-order valence-electron chi connectivity index (χ1n) is 5.98. The lowest BCUT2D eigenvalue weighted by Crippen LogP contribution is -2.54. The van der Waals surface area contributed by atoms with Crippen molar-refractivity contribution in [2.75, 3.05) is 18.0 Å². The molecule has 1 unspecified atom stereocenters. The molecule has 1 aliphatic rings. The highest BCUT2D eigenvalue weighted by Gasteiger charge is 2.30. The van der Waals surface area contributed by atoms with Crippen molar-refractivity contribution < 1.29 is 19.6 Å². The molecule has 106 valence electrons. The van der Waals surface area contributed by atoms with E-state index in [1.165, 1.54) is 12.1 Å². The Morgan fingerprint density at radius 2 is 2.25 bits per heavy atom. The van der Waals surface area contributed by atoms with Crippen LogP contribution in [0.3, 0.4) is 0 Å². The molecule has 1 aromatic rings. The number of nitrogens with one attached hydrogen (secondary N) is 1. The summed E-state index contributed by atoms with van der Waals surface area (Å²) in [5.41, 5.74) is -0.113. The van der Waals surface area contributed by atoms with Gasteiger partial charge in [-0.3, -0.25) is 14.9 Å². The van der Waals surface area contributed by atoms with E-state index in [1.807, 2.05) is 0 Å². The van der Waals surface area contributed by atoms with Gasteiger partial charge in [-0.1, -0.05) is 0 Å². The Morgan fingerprint density at radius 3 is 2.85 bits per heavy atom. The fourth-order valence-electron chi connectivity index (χ4n) is 2.15. The van der Waals surface area contributed by atoms with Crippen molar-refractivity contribution in [3.8, 4) is 0 Å². The second-order valence-corrected chi connectivity index (χ2v) is 4.43. The third kappa shape index (κ3) is 2.40. The van der Waals surface area contributed by atoms with Gasteiger partial charge < -0.3 is 15.3 Å². The van der Waals surface area contributed by atoms with E-state index in [9.17, 15) is 19.7 Å². The Labute approximate surface area is 114 Å². The number of amides is 1. The quantitative estimate of drug-likeness (QED) is 0.619. The summed E-state index contributed by atoms with van der Waals surface area (Å²) in [5, 5.41) is 22.7. The van der Waals surface area contributed by atoms with E-state index < -0.39 is 16.9 Å².